The van der Waals surface area contributed by atoms with Crippen molar-refractivity contribution in [1.82, 2.24) is 10.3 Å². The molecule has 0 bridgehead atoms. The minimum Gasteiger partial charge on any atom is -0.497 e. The highest BCUT2D eigenvalue weighted by atomic mass is 16.5. The molecule has 1 unspecified atom stereocenters. The van der Waals surface area contributed by atoms with Crippen molar-refractivity contribution in [1.29, 1.82) is 0 Å². The maximum absolute atomic E-state index is 11.8. The molecule has 6 nitrogen and oxygen atoms in total. The number of nitrogens with two attached hydrogens (primary N) is 1. The lowest BCUT2D eigenvalue weighted by Crippen LogP contribution is -2.40. The molecule has 0 saturated carbocycles. The Bertz CT molecular complexity index is 681. The van der Waals surface area contributed by atoms with Gasteiger partial charge in [0.2, 0.25) is 5.91 Å². The van der Waals surface area contributed by atoms with Crippen LogP contribution in [0.15, 0.2) is 18.2 Å². The van der Waals surface area contributed by atoms with Gasteiger partial charge >= 0.3 is 0 Å². The molecule has 1 amide bonds. The molecule has 1 aromatic heterocycles. The Kier molecular flexibility index (Phi) is 6.49. The van der Waals surface area contributed by atoms with Crippen molar-refractivity contribution in [3.05, 3.63) is 23.9 Å². The van der Waals surface area contributed by atoms with Crippen molar-refractivity contribution < 1.29 is 14.3 Å². The van der Waals surface area contributed by atoms with E-state index in [9.17, 15) is 4.79 Å². The van der Waals surface area contributed by atoms with Gasteiger partial charge in [-0.3, -0.25) is 4.79 Å². The number of hydrogen-bond acceptors (Lipinski definition) is 4. The number of fused-ring (bicyclic) bond motifs is 1. The molecule has 0 aliphatic carbocycles. The highest BCUT2D eigenvalue weighted by molar-refractivity contribution is 5.88. The van der Waals surface area contributed by atoms with E-state index in [1.165, 1.54) is 0 Å². The molecule has 6 heteroatoms. The third-order valence-corrected chi connectivity index (χ3v) is 4.04. The normalized spacial score (nSPS) is 12.2. The van der Waals surface area contributed by atoms with Crippen LogP contribution >= 0.6 is 0 Å². The van der Waals surface area contributed by atoms with Crippen molar-refractivity contribution in [2.24, 2.45) is 5.73 Å². The maximum atomic E-state index is 11.8. The van der Waals surface area contributed by atoms with Crippen molar-refractivity contribution in [2.45, 2.75) is 38.6 Å². The monoisotopic (exact) mass is 333 g/mol. The second-order valence-electron chi connectivity index (χ2n) is 5.88. The summed E-state index contributed by atoms with van der Waals surface area (Å²) >= 11 is 0. The molecule has 0 fully saturated rings. The van der Waals surface area contributed by atoms with Crippen LogP contribution in [0.2, 0.25) is 0 Å². The summed E-state index contributed by atoms with van der Waals surface area (Å²) in [6, 6.07) is 5.50. The minimum absolute atomic E-state index is 0.0695. The number of hydrogen-bond donors (Lipinski definition) is 3. The lowest BCUT2D eigenvalue weighted by atomic mass is 10.1. The Labute approximate surface area is 142 Å². The van der Waals surface area contributed by atoms with E-state index in [0.29, 0.717) is 6.54 Å². The fourth-order valence-electron chi connectivity index (χ4n) is 2.72. The Hall–Kier alpha value is -2.21. The van der Waals surface area contributed by atoms with Gasteiger partial charge in [-0.1, -0.05) is 13.3 Å². The summed E-state index contributed by atoms with van der Waals surface area (Å²) in [6.07, 6.45) is 3.31. The third-order valence-electron chi connectivity index (χ3n) is 4.04. The third kappa shape index (κ3) is 4.41. The molecule has 2 aromatic rings. The first-order valence-corrected chi connectivity index (χ1v) is 8.36. The standard InChI is InChI=1S/C18H27N3O3/c1-4-6-15(19)18(22)20-8-5-7-12-9-14-16(21-12)10-13(23-2)11-17(14)24-3/h9-11,15,21H,4-8,19H2,1-3H3,(H,20,22). The van der Waals surface area contributed by atoms with Crippen LogP contribution in [0.5, 0.6) is 11.5 Å². The Morgan fingerprint density at radius 2 is 2.08 bits per heavy atom. The number of rotatable bonds is 9. The summed E-state index contributed by atoms with van der Waals surface area (Å²) in [7, 11) is 3.28. The van der Waals surface area contributed by atoms with E-state index in [1.54, 1.807) is 14.2 Å². The molecule has 0 aliphatic heterocycles. The fourth-order valence-corrected chi connectivity index (χ4v) is 2.72. The van der Waals surface area contributed by atoms with E-state index in [0.717, 1.165) is 53.8 Å². The number of amides is 1. The zero-order valence-electron chi connectivity index (χ0n) is 14.6. The van der Waals surface area contributed by atoms with Gasteiger partial charge in [0.1, 0.15) is 11.5 Å². The number of methoxy groups -OCH3 is 2. The summed E-state index contributed by atoms with van der Waals surface area (Å²) in [5, 5.41) is 3.92. The molecule has 1 aromatic carbocycles. The lowest BCUT2D eigenvalue weighted by Gasteiger charge is -2.10. The average Bonchev–Trinajstić information content (AvgIpc) is 3.00. The molecule has 1 atom stereocenters. The van der Waals surface area contributed by atoms with Crippen molar-refractivity contribution in [2.75, 3.05) is 20.8 Å². The number of nitrogens with one attached hydrogen (secondary N) is 2. The van der Waals surface area contributed by atoms with Gasteiger partial charge in [0.25, 0.3) is 0 Å². The molecule has 2 rings (SSSR count). The topological polar surface area (TPSA) is 89.4 Å². The number of benzene rings is 1. The van der Waals surface area contributed by atoms with Crippen LogP contribution in [0.3, 0.4) is 0 Å². The zero-order chi connectivity index (χ0) is 17.5. The van der Waals surface area contributed by atoms with Gasteiger partial charge in [0, 0.05) is 29.8 Å². The first kappa shape index (κ1) is 18.1. The molecular formula is C18H27N3O3. The molecule has 24 heavy (non-hydrogen) atoms. The number of ether oxygens (including phenoxy) is 2. The largest absolute Gasteiger partial charge is 0.497 e. The first-order chi connectivity index (χ1) is 11.6. The molecule has 1 heterocycles. The summed E-state index contributed by atoms with van der Waals surface area (Å²) in [4.78, 5) is 15.1. The van der Waals surface area contributed by atoms with Gasteiger partial charge in [-0.2, -0.15) is 0 Å². The summed E-state index contributed by atoms with van der Waals surface area (Å²) in [6.45, 7) is 2.64. The number of carbonyl (C=O) groups excluding carboxylic acids is 1. The number of H-pyrrole nitrogens is 1. The predicted molar refractivity (Wildman–Crippen MR) is 95.6 cm³/mol. The van der Waals surface area contributed by atoms with Crippen LogP contribution in [0.1, 0.15) is 31.9 Å². The molecular weight excluding hydrogens is 306 g/mol. The minimum atomic E-state index is -0.403. The Morgan fingerprint density at radius 1 is 1.29 bits per heavy atom. The van der Waals surface area contributed by atoms with Crippen LogP contribution in [0, 0.1) is 0 Å². The summed E-state index contributed by atoms with van der Waals surface area (Å²) in [5.74, 6) is 1.47. The summed E-state index contributed by atoms with van der Waals surface area (Å²) in [5.41, 5.74) is 7.87. The number of aromatic nitrogens is 1. The van der Waals surface area contributed by atoms with Gasteiger partial charge in [-0.25, -0.2) is 0 Å². The van der Waals surface area contributed by atoms with Gasteiger partial charge in [0.05, 0.1) is 25.8 Å². The molecule has 0 aliphatic rings. The van der Waals surface area contributed by atoms with Crippen molar-refractivity contribution >= 4 is 16.8 Å². The molecule has 132 valence electrons. The highest BCUT2D eigenvalue weighted by Crippen LogP contribution is 2.31. The smallest absolute Gasteiger partial charge is 0.236 e. The van der Waals surface area contributed by atoms with E-state index < -0.39 is 6.04 Å². The van der Waals surface area contributed by atoms with Crippen LogP contribution < -0.4 is 20.5 Å². The van der Waals surface area contributed by atoms with E-state index in [2.05, 4.69) is 16.4 Å². The second kappa shape index (κ2) is 8.59. The molecule has 0 radical (unpaired) electrons. The predicted octanol–water partition coefficient (Wildman–Crippen LogP) is 2.36. The van der Waals surface area contributed by atoms with Gasteiger partial charge < -0.3 is 25.5 Å². The molecule has 0 spiro atoms. The van der Waals surface area contributed by atoms with E-state index in [1.807, 2.05) is 19.1 Å². The van der Waals surface area contributed by atoms with Gasteiger partial charge in [0.15, 0.2) is 0 Å². The van der Waals surface area contributed by atoms with Gasteiger partial charge in [-0.15, -0.1) is 0 Å². The lowest BCUT2D eigenvalue weighted by molar-refractivity contribution is -0.122. The van der Waals surface area contributed by atoms with Crippen LogP contribution in [-0.4, -0.2) is 37.7 Å². The Morgan fingerprint density at radius 3 is 2.75 bits per heavy atom. The number of aromatic amines is 1. The van der Waals surface area contributed by atoms with Crippen molar-refractivity contribution in [3.8, 4) is 11.5 Å². The zero-order valence-corrected chi connectivity index (χ0v) is 14.6. The van der Waals surface area contributed by atoms with Gasteiger partial charge in [-0.05, 0) is 25.3 Å². The number of aryl methyl sites for hydroxylation is 1. The van der Waals surface area contributed by atoms with E-state index in [4.69, 9.17) is 15.2 Å². The number of carbonyl (C=O) groups is 1. The van der Waals surface area contributed by atoms with Crippen LogP contribution in [0.4, 0.5) is 0 Å². The van der Waals surface area contributed by atoms with E-state index in [-0.39, 0.29) is 5.91 Å². The quantitative estimate of drug-likeness (QED) is 0.615. The fraction of sp³-hybridized carbons (Fsp3) is 0.500. The Balaban J connectivity index is 1.93. The van der Waals surface area contributed by atoms with E-state index >= 15 is 0 Å². The maximum Gasteiger partial charge on any atom is 0.236 e. The van der Waals surface area contributed by atoms with Crippen molar-refractivity contribution in [3.63, 3.8) is 0 Å². The molecule has 0 saturated heterocycles. The van der Waals surface area contributed by atoms with Crippen LogP contribution in [0.25, 0.3) is 10.9 Å². The van der Waals surface area contributed by atoms with Crippen LogP contribution in [-0.2, 0) is 11.2 Å². The average molecular weight is 333 g/mol. The first-order valence-electron chi connectivity index (χ1n) is 8.36. The highest BCUT2D eigenvalue weighted by Gasteiger charge is 2.12. The SMILES string of the molecule is CCCC(N)C(=O)NCCCc1cc2c(OC)cc(OC)cc2[nH]1. The molecule has 4 N–H and O–H groups in total. The summed E-state index contributed by atoms with van der Waals surface area (Å²) < 4.78 is 10.7. The second-order valence-corrected chi connectivity index (χ2v) is 5.88.